The molecule has 2 saturated heterocycles. The van der Waals surface area contributed by atoms with Crippen LogP contribution in [-0.2, 0) is 14.3 Å². The van der Waals surface area contributed by atoms with E-state index in [1.165, 1.54) is 23.8 Å². The van der Waals surface area contributed by atoms with Crippen molar-refractivity contribution in [2.75, 3.05) is 52.0 Å². The molecule has 1 amide bonds. The average Bonchev–Trinajstić information content (AvgIpc) is 3.11. The quantitative estimate of drug-likeness (QED) is 0.552. The van der Waals surface area contributed by atoms with E-state index in [9.17, 15) is 9.59 Å². The number of carboxylic acid groups (broad SMARTS) is 1. The number of hydrogen-bond acceptors (Lipinski definition) is 8. The van der Waals surface area contributed by atoms with Crippen LogP contribution in [0.1, 0.15) is 5.56 Å². The predicted molar refractivity (Wildman–Crippen MR) is 136 cm³/mol. The Labute approximate surface area is 211 Å². The molecule has 2 heterocycles. The van der Waals surface area contributed by atoms with Gasteiger partial charge in [0, 0.05) is 25.8 Å². The molecule has 0 saturated carbocycles. The molecular formula is C24H24ClN3O6S. The first kappa shape index (κ1) is 24.9. The molecule has 0 atom stereocenters. The number of anilines is 1. The lowest BCUT2D eigenvalue weighted by Gasteiger charge is -2.28. The summed E-state index contributed by atoms with van der Waals surface area (Å²) in [6.45, 7) is 2.60. The van der Waals surface area contributed by atoms with Gasteiger partial charge in [0.15, 0.2) is 23.3 Å². The third kappa shape index (κ3) is 5.90. The number of likely N-dealkylation sites (N-methyl/N-ethyl adjacent to an activating group) is 1. The molecule has 4 rings (SSSR count). The number of aliphatic carboxylic acids is 1. The lowest BCUT2D eigenvalue weighted by Crippen LogP contribution is -2.36. The Morgan fingerprint density at radius 2 is 1.97 bits per heavy atom. The summed E-state index contributed by atoms with van der Waals surface area (Å²) in [4.78, 5) is 32.5. The second-order valence-electron chi connectivity index (χ2n) is 7.70. The molecule has 2 aromatic rings. The van der Waals surface area contributed by atoms with Crippen LogP contribution >= 0.6 is 23.4 Å². The second kappa shape index (κ2) is 11.0. The van der Waals surface area contributed by atoms with E-state index in [0.717, 1.165) is 37.7 Å². The summed E-state index contributed by atoms with van der Waals surface area (Å²) in [5.41, 5.74) is 2.47. The maximum Gasteiger partial charge on any atom is 0.341 e. The van der Waals surface area contributed by atoms with Crippen molar-refractivity contribution in [3.8, 4) is 11.5 Å². The normalized spacial score (nSPS) is 18.4. The summed E-state index contributed by atoms with van der Waals surface area (Å²) in [7, 11) is 3.10. The Morgan fingerprint density at radius 3 is 2.63 bits per heavy atom. The molecule has 0 aliphatic carbocycles. The summed E-state index contributed by atoms with van der Waals surface area (Å²) in [5.74, 6) is -0.930. The number of thioether (sulfide) groups is 1. The molecule has 0 unspecified atom stereocenters. The first-order valence-electron chi connectivity index (χ1n) is 10.8. The molecule has 0 bridgehead atoms. The molecule has 184 valence electrons. The molecule has 0 aromatic heterocycles. The van der Waals surface area contributed by atoms with Gasteiger partial charge in [-0.1, -0.05) is 11.6 Å². The molecular weight excluding hydrogens is 494 g/mol. The smallest absolute Gasteiger partial charge is 0.341 e. The Kier molecular flexibility index (Phi) is 7.84. The molecule has 35 heavy (non-hydrogen) atoms. The molecule has 2 aromatic carbocycles. The number of carbonyl (C=O) groups excluding carboxylic acids is 1. The maximum atomic E-state index is 12.8. The van der Waals surface area contributed by atoms with Crippen LogP contribution in [0.2, 0.25) is 5.02 Å². The minimum Gasteiger partial charge on any atom is -0.493 e. The van der Waals surface area contributed by atoms with Gasteiger partial charge in [-0.05, 0) is 59.8 Å². The Morgan fingerprint density at radius 1 is 1.26 bits per heavy atom. The van der Waals surface area contributed by atoms with Gasteiger partial charge >= 0.3 is 5.97 Å². The highest BCUT2D eigenvalue weighted by molar-refractivity contribution is 8.18. The van der Waals surface area contributed by atoms with E-state index in [2.05, 4.69) is 9.89 Å². The van der Waals surface area contributed by atoms with Gasteiger partial charge in [-0.15, -0.1) is 0 Å². The van der Waals surface area contributed by atoms with Crippen LogP contribution in [0.5, 0.6) is 11.5 Å². The molecule has 0 radical (unpaired) electrons. The van der Waals surface area contributed by atoms with Crippen LogP contribution in [0.4, 0.5) is 11.4 Å². The first-order valence-corrected chi connectivity index (χ1v) is 12.0. The molecule has 2 fully saturated rings. The average molecular weight is 518 g/mol. The van der Waals surface area contributed by atoms with E-state index in [1.54, 1.807) is 25.3 Å². The van der Waals surface area contributed by atoms with Gasteiger partial charge in [-0.3, -0.25) is 9.69 Å². The minimum absolute atomic E-state index is 0.129. The van der Waals surface area contributed by atoms with Crippen molar-refractivity contribution >= 4 is 57.9 Å². The van der Waals surface area contributed by atoms with Gasteiger partial charge in [0.05, 0.1) is 35.9 Å². The number of methoxy groups -OCH3 is 1. The van der Waals surface area contributed by atoms with Crippen molar-refractivity contribution in [1.82, 2.24) is 4.90 Å². The van der Waals surface area contributed by atoms with E-state index in [1.807, 2.05) is 24.3 Å². The van der Waals surface area contributed by atoms with Crippen molar-refractivity contribution in [1.29, 1.82) is 0 Å². The van der Waals surface area contributed by atoms with Crippen LogP contribution in [0.3, 0.4) is 0 Å². The first-order chi connectivity index (χ1) is 16.9. The third-order valence-corrected chi connectivity index (χ3v) is 6.68. The Balaban J connectivity index is 1.53. The largest absolute Gasteiger partial charge is 0.493 e. The van der Waals surface area contributed by atoms with Crippen molar-refractivity contribution in [3.63, 3.8) is 0 Å². The van der Waals surface area contributed by atoms with Gasteiger partial charge in [-0.2, -0.15) is 0 Å². The fraction of sp³-hybridized carbons (Fsp3) is 0.292. The molecule has 9 nitrogen and oxygen atoms in total. The van der Waals surface area contributed by atoms with Crippen molar-refractivity contribution in [2.45, 2.75) is 0 Å². The highest BCUT2D eigenvalue weighted by atomic mass is 35.5. The van der Waals surface area contributed by atoms with Crippen molar-refractivity contribution in [2.24, 2.45) is 4.99 Å². The standard InChI is InChI=1S/C24H24ClN3O6S/c1-27-23(31)20(13-15-11-18(25)22(19(12-15)32-2)34-14-21(29)30)35-24(27)26-16-3-5-17(6-4-16)28-7-9-33-10-8-28/h3-6,11-13H,7-10,14H2,1-2H3,(H,29,30)/b20-13-,26-24?. The van der Waals surface area contributed by atoms with Gasteiger partial charge in [0.2, 0.25) is 0 Å². The van der Waals surface area contributed by atoms with Crippen LogP contribution < -0.4 is 14.4 Å². The summed E-state index contributed by atoms with van der Waals surface area (Å²) >= 11 is 7.54. The number of morpholine rings is 1. The van der Waals surface area contributed by atoms with Gasteiger partial charge in [0.1, 0.15) is 0 Å². The summed E-state index contributed by atoms with van der Waals surface area (Å²) in [6, 6.07) is 11.1. The number of amidine groups is 1. The zero-order chi connectivity index (χ0) is 24.9. The number of benzene rings is 2. The number of amides is 1. The summed E-state index contributed by atoms with van der Waals surface area (Å²) in [6.07, 6.45) is 1.68. The van der Waals surface area contributed by atoms with Crippen molar-refractivity contribution in [3.05, 3.63) is 51.9 Å². The number of carboxylic acids is 1. The number of rotatable bonds is 7. The van der Waals surface area contributed by atoms with E-state index >= 15 is 0 Å². The van der Waals surface area contributed by atoms with Gasteiger partial charge in [0.25, 0.3) is 5.91 Å². The number of aliphatic imine (C=N–C) groups is 1. The highest BCUT2D eigenvalue weighted by Crippen LogP contribution is 2.39. The molecule has 1 N–H and O–H groups in total. The predicted octanol–water partition coefficient (Wildman–Crippen LogP) is 3.88. The Hall–Kier alpha value is -3.21. The topological polar surface area (TPSA) is 101 Å². The van der Waals surface area contributed by atoms with E-state index in [0.29, 0.717) is 15.6 Å². The summed E-state index contributed by atoms with van der Waals surface area (Å²) < 4.78 is 15.9. The zero-order valence-corrected chi connectivity index (χ0v) is 20.8. The van der Waals surface area contributed by atoms with Crippen LogP contribution in [-0.4, -0.2) is 74.1 Å². The molecule has 2 aliphatic heterocycles. The van der Waals surface area contributed by atoms with E-state index in [-0.39, 0.29) is 22.4 Å². The van der Waals surface area contributed by atoms with Gasteiger partial charge < -0.3 is 24.2 Å². The SMILES string of the molecule is COc1cc(/C=C2\SC(=Nc3ccc(N4CCOCC4)cc3)N(C)C2=O)cc(Cl)c1OCC(=O)O. The van der Waals surface area contributed by atoms with Gasteiger partial charge in [-0.25, -0.2) is 9.79 Å². The van der Waals surface area contributed by atoms with Crippen LogP contribution in [0.25, 0.3) is 6.08 Å². The second-order valence-corrected chi connectivity index (χ2v) is 9.12. The van der Waals surface area contributed by atoms with E-state index < -0.39 is 12.6 Å². The number of nitrogens with zero attached hydrogens (tertiary/aromatic N) is 3. The van der Waals surface area contributed by atoms with E-state index in [4.69, 9.17) is 30.9 Å². The third-order valence-electron chi connectivity index (χ3n) is 5.34. The maximum absolute atomic E-state index is 12.8. The lowest BCUT2D eigenvalue weighted by atomic mass is 10.2. The lowest BCUT2D eigenvalue weighted by molar-refractivity contribution is -0.139. The molecule has 0 spiro atoms. The minimum atomic E-state index is -1.13. The van der Waals surface area contributed by atoms with Crippen LogP contribution in [0.15, 0.2) is 46.3 Å². The fourth-order valence-corrected chi connectivity index (χ4v) is 4.83. The number of ether oxygens (including phenoxy) is 3. The molecule has 11 heteroatoms. The highest BCUT2D eigenvalue weighted by Gasteiger charge is 2.30. The number of halogens is 1. The zero-order valence-electron chi connectivity index (χ0n) is 19.2. The van der Waals surface area contributed by atoms with Crippen LogP contribution in [0, 0.1) is 0 Å². The molecule has 2 aliphatic rings. The Bertz CT molecular complexity index is 1180. The summed E-state index contributed by atoms with van der Waals surface area (Å²) in [5, 5.41) is 9.58. The number of hydrogen-bond donors (Lipinski definition) is 1. The van der Waals surface area contributed by atoms with Crippen molar-refractivity contribution < 1.29 is 28.9 Å². The monoisotopic (exact) mass is 517 g/mol. The number of carbonyl (C=O) groups is 2. The fourth-order valence-electron chi connectivity index (χ4n) is 3.57.